The number of thiophene rings is 1. The second-order valence-corrected chi connectivity index (χ2v) is 5.87. The van der Waals surface area contributed by atoms with Gasteiger partial charge in [-0.25, -0.2) is 9.59 Å². The molecule has 0 saturated heterocycles. The maximum atomic E-state index is 9.10. The Kier molecular flexibility index (Phi) is 4.42. The average Bonchev–Trinajstić information content (AvgIpc) is 2.99. The maximum Gasteiger partial charge on any atom is 0.414 e. The van der Waals surface area contributed by atoms with E-state index in [0.29, 0.717) is 5.41 Å². The van der Waals surface area contributed by atoms with E-state index in [9.17, 15) is 0 Å². The van der Waals surface area contributed by atoms with Crippen LogP contribution in [-0.2, 0) is 19.7 Å². The fourth-order valence-electron chi connectivity index (χ4n) is 2.30. The van der Waals surface area contributed by atoms with Crippen LogP contribution >= 0.6 is 11.3 Å². The Morgan fingerprint density at radius 2 is 2.10 bits per heavy atom. The molecule has 0 unspecified atom stereocenters. The Hall–Kier alpha value is -1.44. The molecule has 1 atom stereocenters. The van der Waals surface area contributed by atoms with Gasteiger partial charge in [-0.05, 0) is 36.9 Å². The van der Waals surface area contributed by atoms with Gasteiger partial charge in [0.05, 0.1) is 12.7 Å². The average molecular weight is 299 g/mol. The van der Waals surface area contributed by atoms with E-state index in [2.05, 4.69) is 16.8 Å². The van der Waals surface area contributed by atoms with E-state index in [1.54, 1.807) is 4.88 Å². The van der Waals surface area contributed by atoms with Crippen LogP contribution in [0.4, 0.5) is 0 Å². The Morgan fingerprint density at radius 3 is 2.60 bits per heavy atom. The van der Waals surface area contributed by atoms with Crippen LogP contribution in [0.2, 0.25) is 0 Å². The van der Waals surface area contributed by atoms with Gasteiger partial charge in [0.2, 0.25) is 0 Å². The van der Waals surface area contributed by atoms with Gasteiger partial charge in [-0.2, -0.15) is 0 Å². The molecule has 0 amide bonds. The standard InChI is InChI=1S/C11H15NOS.C2H2O4/c1-12-6-9-8-2-5-14-10(8)11(3-4-11)7-13-9;3-1(4)2(5)6/h2,5,9,12H,3-4,6-7H2,1H3;(H,3,4)(H,5,6)/t9-;/m0./s1. The summed E-state index contributed by atoms with van der Waals surface area (Å²) >= 11 is 1.92. The van der Waals surface area contributed by atoms with Crippen molar-refractivity contribution >= 4 is 23.3 Å². The van der Waals surface area contributed by atoms with Gasteiger partial charge in [0.25, 0.3) is 0 Å². The molecule has 1 saturated carbocycles. The molecule has 1 aromatic rings. The van der Waals surface area contributed by atoms with Crippen molar-refractivity contribution in [3.05, 3.63) is 21.9 Å². The number of hydrogen-bond acceptors (Lipinski definition) is 5. The highest BCUT2D eigenvalue weighted by Crippen LogP contribution is 2.55. The summed E-state index contributed by atoms with van der Waals surface area (Å²) in [7, 11) is 1.98. The van der Waals surface area contributed by atoms with Crippen LogP contribution in [0, 0.1) is 0 Å². The first kappa shape index (κ1) is 15.0. The first-order valence-corrected chi connectivity index (χ1v) is 7.18. The fraction of sp³-hybridized carbons (Fsp3) is 0.538. The highest BCUT2D eigenvalue weighted by atomic mass is 32.1. The minimum absolute atomic E-state index is 0.285. The lowest BCUT2D eigenvalue weighted by atomic mass is 9.96. The van der Waals surface area contributed by atoms with E-state index in [0.717, 1.165) is 13.2 Å². The van der Waals surface area contributed by atoms with Gasteiger partial charge in [-0.3, -0.25) is 0 Å². The molecule has 20 heavy (non-hydrogen) atoms. The van der Waals surface area contributed by atoms with Gasteiger partial charge in [0.15, 0.2) is 0 Å². The van der Waals surface area contributed by atoms with Crippen molar-refractivity contribution in [1.29, 1.82) is 0 Å². The first-order chi connectivity index (χ1) is 9.50. The molecule has 6 nitrogen and oxygen atoms in total. The van der Waals surface area contributed by atoms with Crippen LogP contribution in [0.15, 0.2) is 11.4 Å². The molecule has 0 radical (unpaired) electrons. The molecule has 1 aromatic heterocycles. The zero-order valence-corrected chi connectivity index (χ0v) is 11.9. The third-order valence-electron chi connectivity index (χ3n) is 3.51. The molecule has 110 valence electrons. The minimum atomic E-state index is -1.82. The number of carbonyl (C=O) groups is 2. The molecule has 3 N–H and O–H groups in total. The molecule has 1 spiro atoms. The van der Waals surface area contributed by atoms with Gasteiger partial charge < -0.3 is 20.3 Å². The molecule has 3 rings (SSSR count). The molecule has 2 heterocycles. The lowest BCUT2D eigenvalue weighted by Crippen LogP contribution is -2.29. The van der Waals surface area contributed by atoms with E-state index >= 15 is 0 Å². The van der Waals surface area contributed by atoms with E-state index in [1.807, 2.05) is 18.4 Å². The maximum absolute atomic E-state index is 9.10. The Morgan fingerprint density at radius 1 is 1.45 bits per heavy atom. The monoisotopic (exact) mass is 299 g/mol. The smallest absolute Gasteiger partial charge is 0.414 e. The van der Waals surface area contributed by atoms with Crippen molar-refractivity contribution in [2.75, 3.05) is 20.2 Å². The Balaban J connectivity index is 0.000000212. The van der Waals surface area contributed by atoms with Crippen molar-refractivity contribution in [3.63, 3.8) is 0 Å². The summed E-state index contributed by atoms with van der Waals surface area (Å²) in [6.45, 7) is 1.87. The molecule has 0 aromatic carbocycles. The van der Waals surface area contributed by atoms with Gasteiger partial charge in [-0.15, -0.1) is 11.3 Å². The van der Waals surface area contributed by atoms with Crippen LogP contribution in [0.25, 0.3) is 0 Å². The number of rotatable bonds is 2. The lowest BCUT2D eigenvalue weighted by Gasteiger charge is -2.29. The molecule has 7 heteroatoms. The van der Waals surface area contributed by atoms with Crippen molar-refractivity contribution in [2.24, 2.45) is 0 Å². The van der Waals surface area contributed by atoms with E-state index < -0.39 is 11.9 Å². The van der Waals surface area contributed by atoms with Crippen LogP contribution < -0.4 is 5.32 Å². The van der Waals surface area contributed by atoms with Gasteiger partial charge in [0.1, 0.15) is 0 Å². The number of aliphatic carboxylic acids is 2. The number of nitrogens with one attached hydrogen (secondary N) is 1. The third-order valence-corrected chi connectivity index (χ3v) is 4.69. The molecular weight excluding hydrogens is 282 g/mol. The number of carboxylic acid groups (broad SMARTS) is 2. The molecule has 1 fully saturated rings. The van der Waals surface area contributed by atoms with Crippen molar-refractivity contribution in [1.82, 2.24) is 5.32 Å². The quantitative estimate of drug-likeness (QED) is 0.711. The lowest BCUT2D eigenvalue weighted by molar-refractivity contribution is -0.159. The largest absolute Gasteiger partial charge is 0.473 e. The number of hydrogen-bond donors (Lipinski definition) is 3. The normalized spacial score (nSPS) is 21.6. The first-order valence-electron chi connectivity index (χ1n) is 6.30. The second kappa shape index (κ2) is 5.90. The molecule has 1 aliphatic heterocycles. The predicted octanol–water partition coefficient (Wildman–Crippen LogP) is 1.23. The summed E-state index contributed by atoms with van der Waals surface area (Å²) in [5.74, 6) is -3.65. The number of likely N-dealkylation sites (N-methyl/N-ethyl adjacent to an activating group) is 1. The number of ether oxygens (including phenoxy) is 1. The predicted molar refractivity (Wildman–Crippen MR) is 73.1 cm³/mol. The molecule has 0 bridgehead atoms. The summed E-state index contributed by atoms with van der Waals surface area (Å²) in [5.41, 5.74) is 1.88. The highest BCUT2D eigenvalue weighted by Gasteiger charge is 2.50. The van der Waals surface area contributed by atoms with Crippen LogP contribution in [-0.4, -0.2) is 42.4 Å². The Bertz CT molecular complexity index is 497. The summed E-state index contributed by atoms with van der Waals surface area (Å²) in [5, 5.41) is 20.2. The third kappa shape index (κ3) is 3.00. The van der Waals surface area contributed by atoms with Gasteiger partial charge in [0, 0.05) is 16.8 Å². The summed E-state index contributed by atoms with van der Waals surface area (Å²) in [4.78, 5) is 19.8. The van der Waals surface area contributed by atoms with Crippen molar-refractivity contribution < 1.29 is 24.5 Å². The van der Waals surface area contributed by atoms with Crippen LogP contribution in [0.5, 0.6) is 0 Å². The van der Waals surface area contributed by atoms with Crippen molar-refractivity contribution in [2.45, 2.75) is 24.4 Å². The van der Waals surface area contributed by atoms with Crippen molar-refractivity contribution in [3.8, 4) is 0 Å². The van der Waals surface area contributed by atoms with Gasteiger partial charge >= 0.3 is 11.9 Å². The topological polar surface area (TPSA) is 95.9 Å². The zero-order valence-electron chi connectivity index (χ0n) is 11.1. The van der Waals surface area contributed by atoms with Gasteiger partial charge in [-0.1, -0.05) is 0 Å². The highest BCUT2D eigenvalue weighted by molar-refractivity contribution is 7.10. The second-order valence-electron chi connectivity index (χ2n) is 4.95. The fourth-order valence-corrected chi connectivity index (χ4v) is 3.50. The van der Waals surface area contributed by atoms with Crippen LogP contribution in [0.3, 0.4) is 0 Å². The Labute approximate surface area is 120 Å². The number of carboxylic acids is 2. The van der Waals surface area contributed by atoms with E-state index in [-0.39, 0.29) is 6.10 Å². The SMILES string of the molecule is CNC[C@@H]1OCC2(CC2)c2sccc21.O=C(O)C(=O)O. The van der Waals surface area contributed by atoms with E-state index in [4.69, 9.17) is 24.5 Å². The molecule has 1 aliphatic carbocycles. The molecule has 2 aliphatic rings. The summed E-state index contributed by atoms with van der Waals surface area (Å²) < 4.78 is 5.93. The summed E-state index contributed by atoms with van der Waals surface area (Å²) in [6, 6.07) is 2.24. The van der Waals surface area contributed by atoms with Crippen LogP contribution in [0.1, 0.15) is 29.4 Å². The number of fused-ring (bicyclic) bond motifs is 2. The molecular formula is C13H17NO5S. The minimum Gasteiger partial charge on any atom is -0.473 e. The van der Waals surface area contributed by atoms with E-state index in [1.165, 1.54) is 18.4 Å². The zero-order chi connectivity index (χ0) is 14.8. The summed E-state index contributed by atoms with van der Waals surface area (Å²) in [6.07, 6.45) is 2.94.